The minimum Gasteiger partial charge on any atom is -0.330 e. The fourth-order valence-corrected chi connectivity index (χ4v) is 3.54. The van der Waals surface area contributed by atoms with E-state index in [0.717, 1.165) is 74.1 Å². The van der Waals surface area contributed by atoms with Crippen molar-refractivity contribution in [3.8, 4) is 0 Å². The van der Waals surface area contributed by atoms with Crippen LogP contribution in [0.1, 0.15) is 36.0 Å². The number of hydrogen-bond donors (Lipinski definition) is 3. The first-order valence-electron chi connectivity index (χ1n) is 9.78. The number of hydrogen-bond acceptors (Lipinski definition) is 4. The summed E-state index contributed by atoms with van der Waals surface area (Å²) in [5, 5.41) is 9.14. The van der Waals surface area contributed by atoms with Gasteiger partial charge in [0.05, 0.1) is 5.69 Å². The highest BCUT2D eigenvalue weighted by Crippen LogP contribution is 2.36. The monoisotopic (exact) mass is 462 g/mol. The van der Waals surface area contributed by atoms with Crippen molar-refractivity contribution in [2.45, 2.75) is 25.7 Å². The third-order valence-electron chi connectivity index (χ3n) is 4.90. The van der Waals surface area contributed by atoms with E-state index in [2.05, 4.69) is 28.8 Å². The van der Waals surface area contributed by atoms with Gasteiger partial charge in [-0.25, -0.2) is 0 Å². The first kappa shape index (κ1) is 27.9. The van der Waals surface area contributed by atoms with Crippen LogP contribution < -0.4 is 21.3 Å². The van der Waals surface area contributed by atoms with Gasteiger partial charge in [0, 0.05) is 17.5 Å². The van der Waals surface area contributed by atoms with Gasteiger partial charge in [-0.2, -0.15) is 0 Å². The molecule has 0 atom stereocenters. The fourth-order valence-electron chi connectivity index (χ4n) is 3.54. The molecular formula is C21H33Cl3N4O. The van der Waals surface area contributed by atoms with E-state index >= 15 is 0 Å². The number of nitrogens with zero attached hydrogens (tertiary/aromatic N) is 1. The van der Waals surface area contributed by atoms with E-state index in [1.165, 1.54) is 12.8 Å². The topological polar surface area (TPSA) is 70.4 Å². The van der Waals surface area contributed by atoms with Gasteiger partial charge in [-0.15, -0.1) is 37.2 Å². The normalized spacial score (nSPS) is 11.8. The van der Waals surface area contributed by atoms with Crippen LogP contribution in [-0.4, -0.2) is 45.2 Å². The zero-order chi connectivity index (χ0) is 18.2. The van der Waals surface area contributed by atoms with Crippen LogP contribution >= 0.6 is 37.2 Å². The second kappa shape index (κ2) is 14.8. The molecule has 29 heavy (non-hydrogen) atoms. The zero-order valence-electron chi connectivity index (χ0n) is 16.7. The van der Waals surface area contributed by atoms with Crippen molar-refractivity contribution in [2.24, 2.45) is 5.73 Å². The van der Waals surface area contributed by atoms with Crippen molar-refractivity contribution >= 4 is 59.6 Å². The summed E-state index contributed by atoms with van der Waals surface area (Å²) in [7, 11) is 0. The minimum absolute atomic E-state index is 0. The molecule has 0 aliphatic carbocycles. The predicted molar refractivity (Wildman–Crippen MR) is 131 cm³/mol. The van der Waals surface area contributed by atoms with Gasteiger partial charge >= 0.3 is 0 Å². The first-order valence-corrected chi connectivity index (χ1v) is 9.78. The van der Waals surface area contributed by atoms with Gasteiger partial charge in [0.2, 0.25) is 0 Å². The summed E-state index contributed by atoms with van der Waals surface area (Å²) in [5.41, 5.74) is 7.37. The molecule has 1 amide bonds. The summed E-state index contributed by atoms with van der Waals surface area (Å²) in [5.74, 6) is 0.139. The second-order valence-electron chi connectivity index (χ2n) is 6.84. The highest BCUT2D eigenvalue weighted by atomic mass is 35.5. The Kier molecular flexibility index (Phi) is 14.3. The molecule has 5 nitrogen and oxygen atoms in total. The standard InChI is InChI=1S/C21H30N4O.3ClH/c22-11-5-14-23-12-1-2-13-24-15-6-16-25-19-10-4-8-17-7-3-9-18(20(17)19)21(25)26;;;/h3-4,7-10,23-24H,1-2,5-6,11-16,22H2;3*1H. The molecule has 8 heteroatoms. The van der Waals surface area contributed by atoms with E-state index in [4.69, 9.17) is 5.73 Å². The SMILES string of the molecule is Cl.Cl.Cl.NCCCNCCCCNCCCN1C(=O)c2cccc3cccc1c23. The average Bonchev–Trinajstić information content (AvgIpc) is 2.94. The Hall–Kier alpha value is -1.08. The summed E-state index contributed by atoms with van der Waals surface area (Å²) < 4.78 is 0. The van der Waals surface area contributed by atoms with Gasteiger partial charge < -0.3 is 21.3 Å². The van der Waals surface area contributed by atoms with E-state index in [-0.39, 0.29) is 43.1 Å². The Balaban J connectivity index is 0.00000261. The second-order valence-corrected chi connectivity index (χ2v) is 6.84. The largest absolute Gasteiger partial charge is 0.330 e. The summed E-state index contributed by atoms with van der Waals surface area (Å²) in [6.45, 7) is 5.57. The van der Waals surface area contributed by atoms with Gasteiger partial charge in [-0.3, -0.25) is 4.79 Å². The quantitative estimate of drug-likeness (QED) is 0.419. The van der Waals surface area contributed by atoms with E-state index in [1.807, 2.05) is 23.1 Å². The predicted octanol–water partition coefficient (Wildman–Crippen LogP) is 3.76. The van der Waals surface area contributed by atoms with Crippen LogP contribution in [0.3, 0.4) is 0 Å². The number of nitrogens with two attached hydrogens (primary N) is 1. The molecule has 0 aromatic heterocycles. The third-order valence-corrected chi connectivity index (χ3v) is 4.90. The molecule has 1 aliphatic rings. The molecule has 164 valence electrons. The Morgan fingerprint density at radius 2 is 1.38 bits per heavy atom. The maximum absolute atomic E-state index is 12.7. The molecule has 0 radical (unpaired) electrons. The summed E-state index contributed by atoms with van der Waals surface area (Å²) >= 11 is 0. The van der Waals surface area contributed by atoms with E-state index < -0.39 is 0 Å². The van der Waals surface area contributed by atoms with Crippen LogP contribution in [0.15, 0.2) is 36.4 Å². The lowest BCUT2D eigenvalue weighted by atomic mass is 10.1. The molecule has 1 heterocycles. The Morgan fingerprint density at radius 3 is 2.03 bits per heavy atom. The number of carbonyl (C=O) groups is 1. The van der Waals surface area contributed by atoms with Crippen LogP contribution in [0.5, 0.6) is 0 Å². The molecule has 2 aromatic rings. The lowest BCUT2D eigenvalue weighted by Crippen LogP contribution is -2.30. The lowest BCUT2D eigenvalue weighted by molar-refractivity contribution is 0.0993. The Labute approximate surface area is 192 Å². The van der Waals surface area contributed by atoms with Gasteiger partial charge in [-0.05, 0) is 75.9 Å². The number of rotatable bonds is 12. The van der Waals surface area contributed by atoms with Gasteiger partial charge in [-0.1, -0.05) is 24.3 Å². The number of unbranched alkanes of at least 4 members (excludes halogenated alkanes) is 1. The van der Waals surface area contributed by atoms with Crippen LogP contribution in [0, 0.1) is 0 Å². The Bertz CT molecular complexity index is 740. The van der Waals surface area contributed by atoms with Crippen molar-refractivity contribution in [3.05, 3.63) is 42.0 Å². The smallest absolute Gasteiger partial charge is 0.258 e. The molecule has 0 fully saturated rings. The number of carbonyl (C=O) groups excluding carboxylic acids is 1. The van der Waals surface area contributed by atoms with Crippen molar-refractivity contribution in [1.29, 1.82) is 0 Å². The summed E-state index contributed by atoms with van der Waals surface area (Å²) in [4.78, 5) is 14.6. The Morgan fingerprint density at radius 1 is 0.793 bits per heavy atom. The maximum Gasteiger partial charge on any atom is 0.258 e. The number of halogens is 3. The molecule has 0 spiro atoms. The van der Waals surface area contributed by atoms with Crippen molar-refractivity contribution in [1.82, 2.24) is 10.6 Å². The summed E-state index contributed by atoms with van der Waals surface area (Å²) in [6, 6.07) is 12.1. The number of anilines is 1. The molecule has 1 aliphatic heterocycles. The van der Waals surface area contributed by atoms with Crippen molar-refractivity contribution < 1.29 is 4.79 Å². The van der Waals surface area contributed by atoms with Crippen molar-refractivity contribution in [3.63, 3.8) is 0 Å². The first-order chi connectivity index (χ1) is 12.8. The zero-order valence-corrected chi connectivity index (χ0v) is 19.1. The minimum atomic E-state index is 0. The van der Waals surface area contributed by atoms with Gasteiger partial charge in [0.15, 0.2) is 0 Å². The van der Waals surface area contributed by atoms with Crippen LogP contribution in [-0.2, 0) is 0 Å². The molecule has 0 saturated heterocycles. The molecule has 0 saturated carbocycles. The van der Waals surface area contributed by atoms with Crippen molar-refractivity contribution in [2.75, 3.05) is 44.2 Å². The molecule has 0 bridgehead atoms. The third kappa shape index (κ3) is 7.28. The average molecular weight is 464 g/mol. The molecule has 4 N–H and O–H groups in total. The highest BCUT2D eigenvalue weighted by Gasteiger charge is 2.28. The molecule has 0 unspecified atom stereocenters. The van der Waals surface area contributed by atoms with Gasteiger partial charge in [0.25, 0.3) is 5.91 Å². The molecule has 2 aromatic carbocycles. The summed E-state index contributed by atoms with van der Waals surface area (Å²) in [6.07, 6.45) is 4.36. The number of amides is 1. The van der Waals surface area contributed by atoms with E-state index in [9.17, 15) is 4.79 Å². The number of nitrogens with one attached hydrogen (secondary N) is 2. The highest BCUT2D eigenvalue weighted by molar-refractivity contribution is 6.24. The lowest BCUT2D eigenvalue weighted by Gasteiger charge is -2.17. The van der Waals surface area contributed by atoms with Crippen LogP contribution in [0.2, 0.25) is 0 Å². The molecular weight excluding hydrogens is 431 g/mol. The fraction of sp³-hybridized carbons (Fsp3) is 0.476. The van der Waals surface area contributed by atoms with E-state index in [1.54, 1.807) is 0 Å². The molecule has 3 rings (SSSR count). The maximum atomic E-state index is 12.7. The van der Waals surface area contributed by atoms with Crippen LogP contribution in [0.4, 0.5) is 5.69 Å². The van der Waals surface area contributed by atoms with Crippen LogP contribution in [0.25, 0.3) is 10.8 Å². The number of benzene rings is 2. The van der Waals surface area contributed by atoms with Gasteiger partial charge in [0.1, 0.15) is 0 Å². The van der Waals surface area contributed by atoms with E-state index in [0.29, 0.717) is 0 Å².